The number of benzene rings is 2. The highest BCUT2D eigenvalue weighted by Crippen LogP contribution is 2.53. The number of nitrogens with two attached hydrogens (primary N) is 1. The first-order valence-corrected chi connectivity index (χ1v) is 12.7. The summed E-state index contributed by atoms with van der Waals surface area (Å²) in [6.45, 7) is 1.96. The zero-order valence-electron chi connectivity index (χ0n) is 21.9. The van der Waals surface area contributed by atoms with Gasteiger partial charge in [0.05, 0.1) is 17.2 Å². The van der Waals surface area contributed by atoms with Crippen molar-refractivity contribution in [2.75, 3.05) is 19.0 Å². The molecule has 0 spiro atoms. The zero-order chi connectivity index (χ0) is 28.4. The van der Waals surface area contributed by atoms with E-state index in [2.05, 4.69) is 11.8 Å². The Morgan fingerprint density at radius 3 is 2.38 bits per heavy atom. The average molecular weight is 531 g/mol. The number of phenols is 1. The number of phenolic OH excluding ortho intramolecular Hbond substituents is 1. The van der Waals surface area contributed by atoms with Crippen LogP contribution in [0.4, 0.5) is 5.69 Å². The van der Waals surface area contributed by atoms with Crippen LogP contribution in [-0.2, 0) is 20.8 Å². The Hall–Kier alpha value is -4.13. The largest absolute Gasteiger partial charge is 0.507 e. The van der Waals surface area contributed by atoms with E-state index in [4.69, 9.17) is 5.73 Å². The number of hydrogen-bond donors (Lipinski definition) is 5. The number of aryl methyl sites for hydroxylation is 1. The van der Waals surface area contributed by atoms with Gasteiger partial charge in [-0.05, 0) is 55.9 Å². The van der Waals surface area contributed by atoms with E-state index in [0.29, 0.717) is 11.3 Å². The van der Waals surface area contributed by atoms with Crippen LogP contribution in [0.5, 0.6) is 5.75 Å². The highest BCUT2D eigenvalue weighted by molar-refractivity contribution is 6.24. The third-order valence-electron chi connectivity index (χ3n) is 8.24. The van der Waals surface area contributed by atoms with Crippen molar-refractivity contribution in [1.82, 2.24) is 0 Å². The molecule has 0 aromatic heterocycles. The fourth-order valence-electron chi connectivity index (χ4n) is 6.24. The molecule has 5 rings (SSSR count). The van der Waals surface area contributed by atoms with Gasteiger partial charge in [0.25, 0.3) is 0 Å². The highest BCUT2D eigenvalue weighted by atomic mass is 16.3. The summed E-state index contributed by atoms with van der Waals surface area (Å²) < 4.78 is 0. The quantitative estimate of drug-likeness (QED) is 0.287. The predicted molar refractivity (Wildman–Crippen MR) is 143 cm³/mol. The van der Waals surface area contributed by atoms with Crippen LogP contribution in [-0.4, -0.2) is 63.7 Å². The predicted octanol–water partition coefficient (Wildman–Crippen LogP) is 1.36. The van der Waals surface area contributed by atoms with Crippen molar-refractivity contribution in [1.29, 1.82) is 0 Å². The summed E-state index contributed by atoms with van der Waals surface area (Å²) in [6.07, 6.45) is -1.24. The number of aromatic hydroxyl groups is 1. The van der Waals surface area contributed by atoms with Crippen molar-refractivity contribution in [3.63, 3.8) is 0 Å². The van der Waals surface area contributed by atoms with Crippen molar-refractivity contribution in [2.45, 2.75) is 37.9 Å². The maximum Gasteiger partial charge on any atom is 0.230 e. The van der Waals surface area contributed by atoms with Crippen molar-refractivity contribution in [3.05, 3.63) is 63.7 Å². The molecule has 6 N–H and O–H groups in total. The summed E-state index contributed by atoms with van der Waals surface area (Å²) in [4.78, 5) is 40.6. The third-order valence-corrected chi connectivity index (χ3v) is 8.24. The molecule has 2 fully saturated rings. The third kappa shape index (κ3) is 3.99. The summed E-state index contributed by atoms with van der Waals surface area (Å²) in [5, 5.41) is 44.5. The second-order valence-electron chi connectivity index (χ2n) is 10.9. The van der Waals surface area contributed by atoms with Crippen LogP contribution in [0.3, 0.4) is 0 Å². The lowest BCUT2D eigenvalue weighted by molar-refractivity contribution is -0.174. The van der Waals surface area contributed by atoms with E-state index in [1.54, 1.807) is 6.07 Å². The zero-order valence-corrected chi connectivity index (χ0v) is 21.9. The minimum Gasteiger partial charge on any atom is -0.507 e. The van der Waals surface area contributed by atoms with Crippen molar-refractivity contribution < 1.29 is 34.8 Å². The van der Waals surface area contributed by atoms with Gasteiger partial charge < -0.3 is 31.1 Å². The maximum atomic E-state index is 13.7. The fraction of sp³-hybridized carbons (Fsp3) is 0.367. The molecule has 0 heterocycles. The van der Waals surface area contributed by atoms with Crippen molar-refractivity contribution >= 4 is 28.9 Å². The van der Waals surface area contributed by atoms with Crippen LogP contribution in [0.2, 0.25) is 0 Å². The Morgan fingerprint density at radius 2 is 1.77 bits per heavy atom. The number of primary amides is 1. The minimum atomic E-state index is -2.61. The number of amides is 1. The van der Waals surface area contributed by atoms with E-state index in [-0.39, 0.29) is 41.7 Å². The molecule has 3 aliphatic carbocycles. The number of carbonyl (C=O) groups is 3. The lowest BCUT2D eigenvalue weighted by Crippen LogP contribution is -2.66. The van der Waals surface area contributed by atoms with Crippen LogP contribution in [0, 0.1) is 36.5 Å². The van der Waals surface area contributed by atoms with Crippen molar-refractivity contribution in [2.24, 2.45) is 23.5 Å². The minimum absolute atomic E-state index is 0.0193. The van der Waals surface area contributed by atoms with E-state index in [1.807, 2.05) is 50.2 Å². The van der Waals surface area contributed by atoms with Crippen molar-refractivity contribution in [3.8, 4) is 17.6 Å². The molecule has 2 aromatic carbocycles. The second kappa shape index (κ2) is 9.26. The molecule has 0 bridgehead atoms. The molecule has 3 aliphatic rings. The molecule has 1 amide bonds. The van der Waals surface area contributed by atoms with Crippen LogP contribution in [0.25, 0.3) is 5.76 Å². The van der Waals surface area contributed by atoms with E-state index < -0.39 is 52.7 Å². The van der Waals surface area contributed by atoms with Gasteiger partial charge in [-0.2, -0.15) is 0 Å². The smallest absolute Gasteiger partial charge is 0.230 e. The van der Waals surface area contributed by atoms with E-state index in [0.717, 1.165) is 11.1 Å². The summed E-state index contributed by atoms with van der Waals surface area (Å²) in [7, 11) is 3.62. The molecule has 2 saturated carbocycles. The van der Waals surface area contributed by atoms with Crippen LogP contribution < -0.4 is 10.6 Å². The average Bonchev–Trinajstić information content (AvgIpc) is 2.86. The van der Waals surface area contributed by atoms with Gasteiger partial charge in [0.15, 0.2) is 11.4 Å². The Kier molecular flexibility index (Phi) is 6.29. The molecule has 5 atom stereocenters. The molecule has 0 radical (unpaired) electrons. The lowest BCUT2D eigenvalue weighted by atomic mass is 9.56. The molecule has 2 aromatic rings. The second-order valence-corrected chi connectivity index (χ2v) is 10.9. The molecule has 0 aliphatic heterocycles. The van der Waals surface area contributed by atoms with Gasteiger partial charge in [-0.15, -0.1) is 0 Å². The molecular weight excluding hydrogens is 500 g/mol. The molecular formula is C30H30N2O7. The first kappa shape index (κ1) is 26.5. The van der Waals surface area contributed by atoms with Gasteiger partial charge in [0, 0.05) is 36.8 Å². The highest BCUT2D eigenvalue weighted by Gasteiger charge is 2.64. The topological polar surface area (TPSA) is 161 Å². The number of Topliss-reactive ketones (excluding diaryl/α,β-unsaturated/α-hetero) is 2. The molecule has 9 heteroatoms. The first-order chi connectivity index (χ1) is 18.4. The Bertz CT molecular complexity index is 1510. The number of fused-ring (bicyclic) bond motifs is 3. The number of ketones is 2. The molecule has 39 heavy (non-hydrogen) atoms. The van der Waals surface area contributed by atoms with Gasteiger partial charge in [-0.1, -0.05) is 29.5 Å². The van der Waals surface area contributed by atoms with Gasteiger partial charge in [0.2, 0.25) is 11.7 Å². The number of aliphatic hydroxyl groups is 3. The molecule has 0 saturated heterocycles. The Morgan fingerprint density at radius 1 is 1.10 bits per heavy atom. The number of anilines is 1. The van der Waals surface area contributed by atoms with E-state index in [1.165, 1.54) is 0 Å². The standard InChI is InChI=1S/C30H30N2O7/c1-14-4-6-15(7-5-14)8-9-16-12-20(32(2)3)19-11-17-10-18-13-21(33)24(29(31)38)28(37)30(18,39)27(36)22(17)26(35)23(19)25(16)34/h4-7,12,17-18,21,24,33-35,39H,10-11,13H2,1-3H3,(H2,31,38)/t17-,18+,21?,24?,30+/m1/s1. The summed E-state index contributed by atoms with van der Waals surface area (Å²) in [5.41, 5.74) is 5.84. The SMILES string of the molecule is Cc1ccc(C#Cc2cc(N(C)C)c3c(c2O)C(O)=C2C(=O)[C@]4(O)C(=O)C(C(N)=O)C(O)C[C@@H]4C[C@@H]2C3)cc1. The van der Waals surface area contributed by atoms with E-state index in [9.17, 15) is 34.8 Å². The normalized spacial score (nSPS) is 27.6. The maximum absolute atomic E-state index is 13.7. The fourth-order valence-corrected chi connectivity index (χ4v) is 6.24. The van der Waals surface area contributed by atoms with Gasteiger partial charge in [0.1, 0.15) is 17.4 Å². The summed E-state index contributed by atoms with van der Waals surface area (Å²) >= 11 is 0. The Balaban J connectivity index is 1.66. The molecule has 2 unspecified atom stereocenters. The van der Waals surface area contributed by atoms with Gasteiger partial charge in [-0.3, -0.25) is 14.4 Å². The summed E-state index contributed by atoms with van der Waals surface area (Å²) in [5.74, 6) is -1.49. The molecule has 9 nitrogen and oxygen atoms in total. The number of rotatable bonds is 2. The molecule has 202 valence electrons. The number of carbonyl (C=O) groups excluding carboxylic acids is 3. The summed E-state index contributed by atoms with van der Waals surface area (Å²) in [6, 6.07) is 9.26. The monoisotopic (exact) mass is 530 g/mol. The number of aliphatic hydroxyl groups excluding tert-OH is 2. The first-order valence-electron chi connectivity index (χ1n) is 12.7. The van der Waals surface area contributed by atoms with Crippen LogP contribution in [0.1, 0.15) is 40.7 Å². The lowest BCUT2D eigenvalue weighted by Gasteiger charge is -2.48. The van der Waals surface area contributed by atoms with Gasteiger partial charge >= 0.3 is 0 Å². The number of nitrogens with zero attached hydrogens (tertiary/aromatic N) is 1. The number of hydrogen-bond acceptors (Lipinski definition) is 8. The van der Waals surface area contributed by atoms with E-state index >= 15 is 0 Å². The van der Waals surface area contributed by atoms with Crippen LogP contribution >= 0.6 is 0 Å². The Labute approximate surface area is 225 Å². The van der Waals surface area contributed by atoms with Gasteiger partial charge in [-0.25, -0.2) is 0 Å². The van der Waals surface area contributed by atoms with Crippen LogP contribution in [0.15, 0.2) is 35.9 Å².